The molecule has 0 N–H and O–H groups in total. The van der Waals surface area contributed by atoms with Gasteiger partial charge in [0.25, 0.3) is 0 Å². The first-order valence-electron chi connectivity index (χ1n) is 10.2. The van der Waals surface area contributed by atoms with Crippen LogP contribution in [0.1, 0.15) is 38.4 Å². The van der Waals surface area contributed by atoms with Crippen molar-refractivity contribution in [2.75, 3.05) is 31.6 Å². The molecule has 0 aliphatic carbocycles. The van der Waals surface area contributed by atoms with Crippen molar-refractivity contribution < 1.29 is 9.66 Å². The van der Waals surface area contributed by atoms with Crippen molar-refractivity contribution in [1.29, 1.82) is 0 Å². The summed E-state index contributed by atoms with van der Waals surface area (Å²) in [5.74, 6) is 0.995. The molecule has 2 aromatic heterocycles. The number of rotatable bonds is 5. The smallest absolute Gasteiger partial charge is 0.414 e. The zero-order valence-corrected chi connectivity index (χ0v) is 17.7. The molecule has 1 atom stereocenters. The number of ether oxygens (including phenoxy) is 1. The zero-order chi connectivity index (χ0) is 21.0. The average Bonchev–Trinajstić information content (AvgIpc) is 3.24. The Hall–Kier alpha value is -2.68. The minimum Gasteiger partial charge on any atom is -0.441 e. The number of aromatic nitrogens is 3. The van der Waals surface area contributed by atoms with E-state index in [-0.39, 0.29) is 11.9 Å². The molecule has 0 fully saturated rings. The summed E-state index contributed by atoms with van der Waals surface area (Å²) >= 11 is 0. The molecule has 2 aromatic rings. The van der Waals surface area contributed by atoms with Crippen LogP contribution in [0.4, 0.5) is 11.6 Å². The van der Waals surface area contributed by atoms with Crippen molar-refractivity contribution >= 4 is 11.6 Å². The second-order valence-electron chi connectivity index (χ2n) is 7.56. The standard InChI is InChI=1S/C14H23N3.C6H7N3O3/c1-4-9-17(5-2)14-7-6-12-11-16(3)10-8-13(12)15-14;1-4-2-8-3-5(9(10)11)7-6(8)12-4/h6-7H,4-5,8-11H2,1-3H3;3-4H,2H2,1H3. The van der Waals surface area contributed by atoms with Crippen LogP contribution in [0.5, 0.6) is 6.01 Å². The molecule has 0 bridgehead atoms. The van der Waals surface area contributed by atoms with E-state index in [1.54, 1.807) is 4.57 Å². The maximum Gasteiger partial charge on any atom is 0.414 e. The van der Waals surface area contributed by atoms with Crippen LogP contribution in [-0.4, -0.2) is 57.1 Å². The number of nitrogens with zero attached hydrogens (tertiary/aromatic N) is 6. The summed E-state index contributed by atoms with van der Waals surface area (Å²) in [7, 11) is 2.17. The third-order valence-corrected chi connectivity index (χ3v) is 5.10. The first-order valence-corrected chi connectivity index (χ1v) is 10.2. The Morgan fingerprint density at radius 1 is 1.34 bits per heavy atom. The van der Waals surface area contributed by atoms with Gasteiger partial charge in [-0.25, -0.2) is 4.98 Å². The van der Waals surface area contributed by atoms with Crippen LogP contribution in [0.15, 0.2) is 18.3 Å². The van der Waals surface area contributed by atoms with Crippen LogP contribution in [0.25, 0.3) is 0 Å². The van der Waals surface area contributed by atoms with Crippen LogP contribution in [-0.2, 0) is 19.5 Å². The van der Waals surface area contributed by atoms with E-state index in [4.69, 9.17) is 9.72 Å². The molecule has 0 aromatic carbocycles. The van der Waals surface area contributed by atoms with E-state index in [9.17, 15) is 10.1 Å². The molecule has 2 aliphatic rings. The van der Waals surface area contributed by atoms with Gasteiger partial charge in [-0.3, -0.25) is 4.57 Å². The monoisotopic (exact) mass is 402 g/mol. The molecule has 0 saturated heterocycles. The molecule has 0 saturated carbocycles. The van der Waals surface area contributed by atoms with Crippen molar-refractivity contribution in [3.05, 3.63) is 39.7 Å². The average molecular weight is 402 g/mol. The molecule has 4 heterocycles. The summed E-state index contributed by atoms with van der Waals surface area (Å²) in [5, 5.41) is 10.3. The molecule has 9 heteroatoms. The first-order chi connectivity index (χ1) is 13.9. The molecule has 0 spiro atoms. The van der Waals surface area contributed by atoms with Crippen LogP contribution >= 0.6 is 0 Å². The van der Waals surface area contributed by atoms with E-state index >= 15 is 0 Å². The molecule has 4 rings (SSSR count). The Morgan fingerprint density at radius 3 is 2.79 bits per heavy atom. The molecule has 29 heavy (non-hydrogen) atoms. The van der Waals surface area contributed by atoms with Gasteiger partial charge in [0.1, 0.15) is 18.1 Å². The molecular formula is C20H30N6O3. The van der Waals surface area contributed by atoms with E-state index in [1.807, 2.05) is 6.92 Å². The van der Waals surface area contributed by atoms with E-state index < -0.39 is 4.92 Å². The number of hydrogen-bond donors (Lipinski definition) is 0. The van der Waals surface area contributed by atoms with Gasteiger partial charge < -0.3 is 24.7 Å². The normalized spacial score (nSPS) is 17.6. The minimum absolute atomic E-state index is 0.0632. The summed E-state index contributed by atoms with van der Waals surface area (Å²) in [6, 6.07) is 4.78. The third-order valence-electron chi connectivity index (χ3n) is 5.10. The topological polar surface area (TPSA) is 89.6 Å². The minimum atomic E-state index is -0.528. The lowest BCUT2D eigenvalue weighted by Crippen LogP contribution is -2.29. The largest absolute Gasteiger partial charge is 0.441 e. The molecule has 0 radical (unpaired) electrons. The Kier molecular flexibility index (Phi) is 6.68. The molecule has 9 nitrogen and oxygen atoms in total. The lowest BCUT2D eigenvalue weighted by molar-refractivity contribution is -0.389. The Bertz CT molecular complexity index is 829. The van der Waals surface area contributed by atoms with Gasteiger partial charge in [0.05, 0.1) is 6.54 Å². The maximum atomic E-state index is 10.3. The fourth-order valence-corrected chi connectivity index (χ4v) is 3.62. The van der Waals surface area contributed by atoms with E-state index in [0.717, 1.165) is 38.4 Å². The summed E-state index contributed by atoms with van der Waals surface area (Å²) in [6.07, 6.45) is 3.71. The van der Waals surface area contributed by atoms with Gasteiger partial charge in [-0.15, -0.1) is 0 Å². The van der Waals surface area contributed by atoms with Crippen molar-refractivity contribution in [2.45, 2.75) is 52.8 Å². The summed E-state index contributed by atoms with van der Waals surface area (Å²) in [6.45, 7) is 11.3. The highest BCUT2D eigenvalue weighted by Gasteiger charge is 2.28. The zero-order valence-electron chi connectivity index (χ0n) is 17.7. The van der Waals surface area contributed by atoms with E-state index in [2.05, 4.69) is 47.8 Å². The van der Waals surface area contributed by atoms with Crippen molar-refractivity contribution in [3.63, 3.8) is 0 Å². The predicted octanol–water partition coefficient (Wildman–Crippen LogP) is 2.88. The second kappa shape index (κ2) is 9.21. The molecule has 1 unspecified atom stereocenters. The van der Waals surface area contributed by atoms with Gasteiger partial charge in [-0.1, -0.05) is 13.0 Å². The van der Waals surface area contributed by atoms with Gasteiger partial charge in [-0.05, 0) is 43.9 Å². The number of likely N-dealkylation sites (N-methyl/N-ethyl adjacent to an activating group) is 1. The number of fused-ring (bicyclic) bond motifs is 2. The van der Waals surface area contributed by atoms with Crippen molar-refractivity contribution in [3.8, 4) is 6.01 Å². The summed E-state index contributed by atoms with van der Waals surface area (Å²) in [4.78, 5) is 23.0. The fourth-order valence-electron chi connectivity index (χ4n) is 3.62. The highest BCUT2D eigenvalue weighted by molar-refractivity contribution is 5.42. The van der Waals surface area contributed by atoms with Crippen LogP contribution in [0.3, 0.4) is 0 Å². The predicted molar refractivity (Wildman–Crippen MR) is 111 cm³/mol. The van der Waals surface area contributed by atoms with Gasteiger partial charge in [0.2, 0.25) is 0 Å². The highest BCUT2D eigenvalue weighted by atomic mass is 16.6. The lowest BCUT2D eigenvalue weighted by Gasteiger charge is -2.27. The molecule has 158 valence electrons. The SMILES string of the molecule is CC1Cn2cc([N+](=O)[O-])nc2O1.CCCN(CC)c1ccc2c(n1)CCN(C)C2. The molecular weight excluding hydrogens is 372 g/mol. The fraction of sp³-hybridized carbons (Fsp3) is 0.600. The third kappa shape index (κ3) is 5.03. The van der Waals surface area contributed by atoms with Gasteiger partial charge in [-0.2, -0.15) is 0 Å². The van der Waals surface area contributed by atoms with Crippen molar-refractivity contribution in [1.82, 2.24) is 19.4 Å². The maximum absolute atomic E-state index is 10.3. The van der Waals surface area contributed by atoms with Gasteiger partial charge >= 0.3 is 11.8 Å². The van der Waals surface area contributed by atoms with E-state index in [1.165, 1.54) is 23.9 Å². The number of imidazole rings is 1. The summed E-state index contributed by atoms with van der Waals surface area (Å²) in [5.41, 5.74) is 2.70. The van der Waals surface area contributed by atoms with Gasteiger partial charge in [0, 0.05) is 43.3 Å². The second-order valence-corrected chi connectivity index (χ2v) is 7.56. The number of nitro groups is 1. The Labute approximate surface area is 171 Å². The quantitative estimate of drug-likeness (QED) is 0.561. The first kappa shape index (κ1) is 21.0. The van der Waals surface area contributed by atoms with Crippen molar-refractivity contribution in [2.24, 2.45) is 0 Å². The Balaban J connectivity index is 0.000000176. The van der Waals surface area contributed by atoms with Crippen LogP contribution in [0.2, 0.25) is 0 Å². The van der Waals surface area contributed by atoms with E-state index in [0.29, 0.717) is 12.6 Å². The number of anilines is 1. The van der Waals surface area contributed by atoms with Gasteiger partial charge in [0.15, 0.2) is 0 Å². The number of hydrogen-bond acceptors (Lipinski definition) is 7. The molecule has 2 aliphatic heterocycles. The highest BCUT2D eigenvalue weighted by Crippen LogP contribution is 2.24. The summed E-state index contributed by atoms with van der Waals surface area (Å²) < 4.78 is 6.83. The van der Waals surface area contributed by atoms with Crippen LogP contribution < -0.4 is 9.64 Å². The van der Waals surface area contributed by atoms with Crippen LogP contribution in [0, 0.1) is 10.1 Å². The Morgan fingerprint density at radius 2 is 2.14 bits per heavy atom. The number of pyridine rings is 1. The molecule has 0 amide bonds. The lowest BCUT2D eigenvalue weighted by atomic mass is 10.1.